The molecule has 0 radical (unpaired) electrons. The van der Waals surface area contributed by atoms with E-state index in [4.69, 9.17) is 23.2 Å². The lowest BCUT2D eigenvalue weighted by atomic mass is 10.0. The number of hydrogen-bond donors (Lipinski definition) is 1. The molecule has 0 aliphatic carbocycles. The van der Waals surface area contributed by atoms with Crippen LogP contribution in [0.3, 0.4) is 0 Å². The van der Waals surface area contributed by atoms with E-state index >= 15 is 0 Å². The molecule has 4 nitrogen and oxygen atoms in total. The molecule has 3 aromatic rings. The van der Waals surface area contributed by atoms with Gasteiger partial charge in [-0.3, -0.25) is 9.59 Å². The van der Waals surface area contributed by atoms with Gasteiger partial charge in [-0.15, -0.1) is 11.8 Å². The molecule has 1 N–H and O–H groups in total. The zero-order valence-electron chi connectivity index (χ0n) is 20.6. The third kappa shape index (κ3) is 8.88. The summed E-state index contributed by atoms with van der Waals surface area (Å²) in [5.41, 5.74) is 2.88. The first kappa shape index (κ1) is 28.1. The van der Waals surface area contributed by atoms with Gasteiger partial charge < -0.3 is 10.2 Å². The molecule has 36 heavy (non-hydrogen) atoms. The van der Waals surface area contributed by atoms with Gasteiger partial charge in [-0.2, -0.15) is 0 Å². The normalized spacial score (nSPS) is 11.8. The maximum absolute atomic E-state index is 13.6. The Labute approximate surface area is 228 Å². The number of rotatable bonds is 12. The number of halogens is 2. The Kier molecular flexibility index (Phi) is 11.2. The summed E-state index contributed by atoms with van der Waals surface area (Å²) in [6, 6.07) is 24.4. The van der Waals surface area contributed by atoms with E-state index < -0.39 is 6.04 Å². The van der Waals surface area contributed by atoms with Gasteiger partial charge in [-0.05, 0) is 34.7 Å². The van der Waals surface area contributed by atoms with Crippen LogP contribution in [0.15, 0.2) is 78.9 Å². The second kappa shape index (κ2) is 14.3. The highest BCUT2D eigenvalue weighted by Crippen LogP contribution is 2.25. The van der Waals surface area contributed by atoms with E-state index in [1.807, 2.05) is 80.6 Å². The molecule has 0 aliphatic heterocycles. The predicted octanol–water partition coefficient (Wildman–Crippen LogP) is 6.64. The molecule has 190 valence electrons. The van der Waals surface area contributed by atoms with Crippen molar-refractivity contribution in [3.05, 3.63) is 106 Å². The van der Waals surface area contributed by atoms with Crippen molar-refractivity contribution in [2.45, 2.75) is 38.6 Å². The lowest BCUT2D eigenvalue weighted by molar-refractivity contribution is -0.139. The Bertz CT molecular complexity index is 1130. The first-order valence-electron chi connectivity index (χ1n) is 12.0. The molecule has 3 aromatic carbocycles. The van der Waals surface area contributed by atoms with Gasteiger partial charge in [0.2, 0.25) is 11.8 Å². The summed E-state index contributed by atoms with van der Waals surface area (Å²) in [6.45, 7) is 4.84. The van der Waals surface area contributed by atoms with E-state index in [2.05, 4.69) is 5.32 Å². The van der Waals surface area contributed by atoms with Gasteiger partial charge in [-0.1, -0.05) is 104 Å². The van der Waals surface area contributed by atoms with E-state index in [-0.39, 0.29) is 24.1 Å². The lowest BCUT2D eigenvalue weighted by Crippen LogP contribution is -2.51. The number of hydrogen-bond acceptors (Lipinski definition) is 3. The van der Waals surface area contributed by atoms with Crippen LogP contribution in [0.4, 0.5) is 0 Å². The Hall–Kier alpha value is -2.47. The summed E-state index contributed by atoms with van der Waals surface area (Å²) in [5.74, 6) is 0.984. The fourth-order valence-corrected chi connectivity index (χ4v) is 5.06. The lowest BCUT2D eigenvalue weighted by Gasteiger charge is -2.32. The van der Waals surface area contributed by atoms with Crippen molar-refractivity contribution in [2.75, 3.05) is 12.3 Å². The van der Waals surface area contributed by atoms with E-state index in [9.17, 15) is 9.59 Å². The maximum atomic E-state index is 13.6. The van der Waals surface area contributed by atoms with Gasteiger partial charge in [0.05, 0.1) is 5.75 Å². The second-order valence-corrected chi connectivity index (χ2v) is 10.9. The molecule has 3 rings (SSSR count). The van der Waals surface area contributed by atoms with Crippen molar-refractivity contribution in [3.63, 3.8) is 0 Å². The van der Waals surface area contributed by atoms with Crippen LogP contribution in [0.1, 0.15) is 30.5 Å². The molecule has 0 bridgehead atoms. The molecule has 0 saturated heterocycles. The minimum Gasteiger partial charge on any atom is -0.354 e. The van der Waals surface area contributed by atoms with E-state index in [1.165, 1.54) is 11.8 Å². The number of carbonyl (C=O) groups is 2. The van der Waals surface area contributed by atoms with Gasteiger partial charge in [-0.25, -0.2) is 0 Å². The van der Waals surface area contributed by atoms with E-state index in [0.717, 1.165) is 16.7 Å². The van der Waals surface area contributed by atoms with Crippen LogP contribution in [0.5, 0.6) is 0 Å². The average Bonchev–Trinajstić information content (AvgIpc) is 2.87. The molecule has 0 fully saturated rings. The van der Waals surface area contributed by atoms with E-state index in [1.54, 1.807) is 17.0 Å². The number of nitrogens with one attached hydrogen (secondary N) is 1. The Morgan fingerprint density at radius 3 is 2.17 bits per heavy atom. The van der Waals surface area contributed by atoms with Crippen LogP contribution in [0, 0.1) is 5.92 Å². The first-order chi connectivity index (χ1) is 17.3. The van der Waals surface area contributed by atoms with Gasteiger partial charge in [0.1, 0.15) is 6.04 Å². The van der Waals surface area contributed by atoms with E-state index in [0.29, 0.717) is 34.7 Å². The number of carbonyl (C=O) groups excluding carboxylic acids is 2. The van der Waals surface area contributed by atoms with Crippen molar-refractivity contribution in [3.8, 4) is 0 Å². The zero-order valence-corrected chi connectivity index (χ0v) is 23.0. The molecule has 1 atom stereocenters. The fourth-order valence-electron chi connectivity index (χ4n) is 3.72. The van der Waals surface area contributed by atoms with Crippen LogP contribution in [0.25, 0.3) is 0 Å². The second-order valence-electron chi connectivity index (χ2n) is 9.08. The summed E-state index contributed by atoms with van der Waals surface area (Å²) < 4.78 is 0. The van der Waals surface area contributed by atoms with Crippen LogP contribution >= 0.6 is 35.0 Å². The minimum atomic E-state index is -0.678. The van der Waals surface area contributed by atoms with Crippen LogP contribution < -0.4 is 5.32 Å². The molecule has 0 aromatic heterocycles. The molecular weight excluding hydrogens is 511 g/mol. The Balaban J connectivity index is 1.87. The molecule has 7 heteroatoms. The Morgan fingerprint density at radius 2 is 1.56 bits per heavy atom. The molecule has 0 aliphatic rings. The van der Waals surface area contributed by atoms with Crippen LogP contribution in [-0.4, -0.2) is 35.1 Å². The van der Waals surface area contributed by atoms with Crippen molar-refractivity contribution < 1.29 is 9.59 Å². The highest BCUT2D eigenvalue weighted by molar-refractivity contribution is 7.99. The summed E-state index contributed by atoms with van der Waals surface area (Å²) in [5, 5.41) is 4.03. The molecule has 0 unspecified atom stereocenters. The summed E-state index contributed by atoms with van der Waals surface area (Å²) in [4.78, 5) is 28.8. The number of benzene rings is 3. The van der Waals surface area contributed by atoms with Crippen molar-refractivity contribution >= 4 is 46.8 Å². The standard InChI is InChI=1S/C29H32Cl2N2O2S/c1-21(2)17-32-29(35)27(15-22-9-5-3-6-10-22)33(18-24-13-14-25(30)16-26(24)31)28(34)20-36-19-23-11-7-4-8-12-23/h3-14,16,21,27H,15,17-20H2,1-2H3,(H,32,35)/t27-/m0/s1. The van der Waals surface area contributed by atoms with Crippen LogP contribution in [0.2, 0.25) is 10.0 Å². The monoisotopic (exact) mass is 542 g/mol. The molecular formula is C29H32Cl2N2O2S. The fraction of sp³-hybridized carbons (Fsp3) is 0.310. The smallest absolute Gasteiger partial charge is 0.243 e. The van der Waals surface area contributed by atoms with Crippen molar-refractivity contribution in [1.82, 2.24) is 10.2 Å². The quantitative estimate of drug-likeness (QED) is 0.279. The summed E-state index contributed by atoms with van der Waals surface area (Å²) >= 11 is 14.1. The number of nitrogens with zero attached hydrogens (tertiary/aromatic N) is 1. The molecule has 2 amide bonds. The highest BCUT2D eigenvalue weighted by Gasteiger charge is 2.30. The first-order valence-corrected chi connectivity index (χ1v) is 13.9. The average molecular weight is 544 g/mol. The third-order valence-corrected chi connectivity index (χ3v) is 7.22. The van der Waals surface area contributed by atoms with Gasteiger partial charge >= 0.3 is 0 Å². The number of amides is 2. The SMILES string of the molecule is CC(C)CNC(=O)[C@H](Cc1ccccc1)N(Cc1ccc(Cl)cc1Cl)C(=O)CSCc1ccccc1. The summed E-state index contributed by atoms with van der Waals surface area (Å²) in [6.07, 6.45) is 0.408. The summed E-state index contributed by atoms with van der Waals surface area (Å²) in [7, 11) is 0. The third-order valence-electron chi connectivity index (χ3n) is 5.65. The van der Waals surface area contributed by atoms with Gasteiger partial charge in [0.15, 0.2) is 0 Å². The largest absolute Gasteiger partial charge is 0.354 e. The van der Waals surface area contributed by atoms with Crippen molar-refractivity contribution in [1.29, 1.82) is 0 Å². The molecule has 0 spiro atoms. The zero-order chi connectivity index (χ0) is 25.9. The minimum absolute atomic E-state index is 0.109. The van der Waals surface area contributed by atoms with Crippen molar-refractivity contribution in [2.24, 2.45) is 5.92 Å². The highest BCUT2D eigenvalue weighted by atomic mass is 35.5. The Morgan fingerprint density at radius 1 is 0.917 bits per heavy atom. The molecule has 0 heterocycles. The topological polar surface area (TPSA) is 49.4 Å². The predicted molar refractivity (Wildman–Crippen MR) is 151 cm³/mol. The maximum Gasteiger partial charge on any atom is 0.243 e. The molecule has 0 saturated carbocycles. The van der Waals surface area contributed by atoms with Gasteiger partial charge in [0.25, 0.3) is 0 Å². The van der Waals surface area contributed by atoms with Crippen LogP contribution in [-0.2, 0) is 28.3 Å². The number of thioether (sulfide) groups is 1. The van der Waals surface area contributed by atoms with Gasteiger partial charge in [0, 0.05) is 35.3 Å².